The van der Waals surface area contributed by atoms with Crippen LogP contribution in [0, 0.1) is 6.92 Å². The highest BCUT2D eigenvalue weighted by Gasteiger charge is 2.14. The molecular formula is C18H24N2OS. The first-order valence-electron chi connectivity index (χ1n) is 7.68. The van der Waals surface area contributed by atoms with Gasteiger partial charge in [-0.15, -0.1) is 11.3 Å². The van der Waals surface area contributed by atoms with Crippen molar-refractivity contribution >= 4 is 22.7 Å². The number of benzene rings is 1. The molecule has 1 heterocycles. The standard InChI is InChI=1S/C18H24N2OS/c1-6-7-12(2)20-17-11-15(14(4)21-5)10-16(13(17)3)18-19-8-9-22-18/h8-11,14H,6-7H2,1-5H3/b20-12-. The Hall–Kier alpha value is -1.52. The first kappa shape index (κ1) is 16.8. The molecule has 4 heteroatoms. The molecule has 0 aliphatic rings. The van der Waals surface area contributed by atoms with E-state index >= 15 is 0 Å². The SMILES string of the molecule is CCC/C(C)=N\c1cc(C(C)OC)cc(-c2nccs2)c1C. The molecule has 1 unspecified atom stereocenters. The second-order valence-corrected chi connectivity index (χ2v) is 6.42. The zero-order valence-corrected chi connectivity index (χ0v) is 14.8. The number of methoxy groups -OCH3 is 1. The summed E-state index contributed by atoms with van der Waals surface area (Å²) in [7, 11) is 1.73. The fraction of sp³-hybridized carbons (Fsp3) is 0.444. The van der Waals surface area contributed by atoms with Gasteiger partial charge in [-0.25, -0.2) is 4.98 Å². The molecule has 118 valence electrons. The van der Waals surface area contributed by atoms with E-state index in [1.54, 1.807) is 18.4 Å². The molecule has 1 aromatic heterocycles. The van der Waals surface area contributed by atoms with Crippen molar-refractivity contribution in [2.75, 3.05) is 7.11 Å². The molecule has 0 spiro atoms. The van der Waals surface area contributed by atoms with Crippen LogP contribution in [0.2, 0.25) is 0 Å². The van der Waals surface area contributed by atoms with Gasteiger partial charge in [-0.05, 0) is 50.5 Å². The summed E-state index contributed by atoms with van der Waals surface area (Å²) in [5, 5.41) is 3.04. The summed E-state index contributed by atoms with van der Waals surface area (Å²) in [4.78, 5) is 9.29. The van der Waals surface area contributed by atoms with Crippen molar-refractivity contribution in [1.82, 2.24) is 4.98 Å². The smallest absolute Gasteiger partial charge is 0.123 e. The van der Waals surface area contributed by atoms with Crippen LogP contribution in [0.25, 0.3) is 10.6 Å². The minimum atomic E-state index is 0.0414. The lowest BCUT2D eigenvalue weighted by Crippen LogP contribution is -1.98. The lowest BCUT2D eigenvalue weighted by atomic mass is 10.00. The number of nitrogens with zero attached hydrogens (tertiary/aromatic N) is 2. The van der Waals surface area contributed by atoms with E-state index in [-0.39, 0.29) is 6.10 Å². The highest BCUT2D eigenvalue weighted by molar-refractivity contribution is 7.13. The third kappa shape index (κ3) is 3.81. The van der Waals surface area contributed by atoms with Gasteiger partial charge in [0.05, 0.1) is 11.8 Å². The first-order chi connectivity index (χ1) is 10.6. The van der Waals surface area contributed by atoms with Gasteiger partial charge in [-0.3, -0.25) is 4.99 Å². The molecule has 1 aromatic carbocycles. The van der Waals surface area contributed by atoms with Crippen LogP contribution in [0.3, 0.4) is 0 Å². The minimum Gasteiger partial charge on any atom is -0.377 e. The van der Waals surface area contributed by atoms with Crippen molar-refractivity contribution in [2.24, 2.45) is 4.99 Å². The van der Waals surface area contributed by atoms with Gasteiger partial charge >= 0.3 is 0 Å². The average molecular weight is 316 g/mol. The summed E-state index contributed by atoms with van der Waals surface area (Å²) in [5.74, 6) is 0. The lowest BCUT2D eigenvalue weighted by molar-refractivity contribution is 0.119. The van der Waals surface area contributed by atoms with Gasteiger partial charge in [-0.2, -0.15) is 0 Å². The molecule has 1 atom stereocenters. The van der Waals surface area contributed by atoms with Crippen molar-refractivity contribution in [3.05, 3.63) is 34.8 Å². The van der Waals surface area contributed by atoms with Crippen LogP contribution in [-0.2, 0) is 4.74 Å². The Kier molecular flexibility index (Phi) is 5.86. The van der Waals surface area contributed by atoms with Crippen molar-refractivity contribution in [1.29, 1.82) is 0 Å². The molecule has 0 bridgehead atoms. The minimum absolute atomic E-state index is 0.0414. The maximum Gasteiger partial charge on any atom is 0.123 e. The molecule has 3 nitrogen and oxygen atoms in total. The van der Waals surface area contributed by atoms with Crippen molar-refractivity contribution in [2.45, 2.75) is 46.6 Å². The molecule has 0 N–H and O–H groups in total. The van der Waals surface area contributed by atoms with Crippen LogP contribution < -0.4 is 0 Å². The molecule has 0 amide bonds. The number of aliphatic imine (C=N–C) groups is 1. The van der Waals surface area contributed by atoms with Gasteiger partial charge in [0.15, 0.2) is 0 Å². The summed E-state index contributed by atoms with van der Waals surface area (Å²) < 4.78 is 5.49. The molecule has 0 fully saturated rings. The van der Waals surface area contributed by atoms with Gasteiger partial charge in [-0.1, -0.05) is 13.3 Å². The van der Waals surface area contributed by atoms with Gasteiger partial charge in [0.1, 0.15) is 5.01 Å². The monoisotopic (exact) mass is 316 g/mol. The van der Waals surface area contributed by atoms with Crippen LogP contribution in [0.1, 0.15) is 50.8 Å². The van der Waals surface area contributed by atoms with E-state index in [4.69, 9.17) is 9.73 Å². The second kappa shape index (κ2) is 7.65. The first-order valence-corrected chi connectivity index (χ1v) is 8.56. The molecule has 2 aromatic rings. The van der Waals surface area contributed by atoms with E-state index in [0.29, 0.717) is 0 Å². The number of ether oxygens (including phenoxy) is 1. The normalized spacial score (nSPS) is 13.4. The van der Waals surface area contributed by atoms with E-state index in [1.165, 1.54) is 5.56 Å². The summed E-state index contributed by atoms with van der Waals surface area (Å²) in [6, 6.07) is 4.32. The Balaban J connectivity index is 2.57. The van der Waals surface area contributed by atoms with Gasteiger partial charge in [0.2, 0.25) is 0 Å². The topological polar surface area (TPSA) is 34.5 Å². The van der Waals surface area contributed by atoms with Crippen LogP contribution in [0.15, 0.2) is 28.7 Å². The number of aromatic nitrogens is 1. The molecule has 0 saturated heterocycles. The third-order valence-electron chi connectivity index (χ3n) is 3.81. The summed E-state index contributed by atoms with van der Waals surface area (Å²) >= 11 is 1.66. The maximum absolute atomic E-state index is 5.49. The van der Waals surface area contributed by atoms with Crippen LogP contribution in [0.4, 0.5) is 5.69 Å². The molecule has 22 heavy (non-hydrogen) atoms. The fourth-order valence-corrected chi connectivity index (χ4v) is 3.12. The van der Waals surface area contributed by atoms with E-state index in [9.17, 15) is 0 Å². The predicted octanol–water partition coefficient (Wildman–Crippen LogP) is 5.72. The molecule has 2 rings (SSSR count). The molecular weight excluding hydrogens is 292 g/mol. The van der Waals surface area contributed by atoms with Crippen LogP contribution in [-0.4, -0.2) is 17.8 Å². The van der Waals surface area contributed by atoms with Gasteiger partial charge in [0, 0.05) is 30.0 Å². The highest BCUT2D eigenvalue weighted by atomic mass is 32.1. The third-order valence-corrected chi connectivity index (χ3v) is 4.62. The van der Waals surface area contributed by atoms with Crippen molar-refractivity contribution in [3.63, 3.8) is 0 Å². The van der Waals surface area contributed by atoms with Crippen LogP contribution in [0.5, 0.6) is 0 Å². The van der Waals surface area contributed by atoms with Crippen LogP contribution >= 0.6 is 11.3 Å². The number of hydrogen-bond donors (Lipinski definition) is 0. The van der Waals surface area contributed by atoms with E-state index in [2.05, 4.69) is 44.8 Å². The zero-order valence-electron chi connectivity index (χ0n) is 14.0. The summed E-state index contributed by atoms with van der Waals surface area (Å²) in [6.45, 7) is 8.45. The Bertz CT molecular complexity index is 647. The Morgan fingerprint density at radius 2 is 2.18 bits per heavy atom. The van der Waals surface area contributed by atoms with Crippen molar-refractivity contribution < 1.29 is 4.74 Å². The zero-order chi connectivity index (χ0) is 16.1. The van der Waals surface area contributed by atoms with E-state index in [0.717, 1.165) is 40.4 Å². The second-order valence-electron chi connectivity index (χ2n) is 5.52. The Labute approximate surface area is 137 Å². The Morgan fingerprint density at radius 1 is 1.41 bits per heavy atom. The summed E-state index contributed by atoms with van der Waals surface area (Å²) in [6.07, 6.45) is 4.02. The molecule has 0 radical (unpaired) electrons. The van der Waals surface area contributed by atoms with E-state index < -0.39 is 0 Å². The quantitative estimate of drug-likeness (QED) is 0.639. The average Bonchev–Trinajstić information content (AvgIpc) is 3.02. The number of thiazole rings is 1. The number of hydrogen-bond acceptors (Lipinski definition) is 4. The van der Waals surface area contributed by atoms with Gasteiger partial charge < -0.3 is 4.74 Å². The number of rotatable bonds is 6. The maximum atomic E-state index is 5.49. The largest absolute Gasteiger partial charge is 0.377 e. The predicted molar refractivity (Wildman–Crippen MR) is 95.4 cm³/mol. The molecule has 0 aliphatic heterocycles. The molecule has 0 saturated carbocycles. The van der Waals surface area contributed by atoms with Gasteiger partial charge in [0.25, 0.3) is 0 Å². The fourth-order valence-electron chi connectivity index (χ4n) is 2.41. The Morgan fingerprint density at radius 3 is 2.77 bits per heavy atom. The molecule has 0 aliphatic carbocycles. The van der Waals surface area contributed by atoms with Crippen molar-refractivity contribution in [3.8, 4) is 10.6 Å². The van der Waals surface area contributed by atoms with E-state index in [1.807, 2.05) is 11.6 Å². The summed E-state index contributed by atoms with van der Waals surface area (Å²) in [5.41, 5.74) is 5.66. The highest BCUT2D eigenvalue weighted by Crippen LogP contribution is 2.35. The lowest BCUT2D eigenvalue weighted by Gasteiger charge is -2.15.